The van der Waals surface area contributed by atoms with Crippen molar-refractivity contribution in [3.63, 3.8) is 0 Å². The molecule has 2 aliphatic carbocycles. The van der Waals surface area contributed by atoms with Crippen molar-refractivity contribution >= 4 is 0 Å². The van der Waals surface area contributed by atoms with Crippen LogP contribution in [0.1, 0.15) is 53.4 Å². The summed E-state index contributed by atoms with van der Waals surface area (Å²) in [6, 6.07) is 0. The fourth-order valence-electron chi connectivity index (χ4n) is 5.08. The first-order valence-corrected chi connectivity index (χ1v) is 7.62. The average molecular weight is 236 g/mol. The van der Waals surface area contributed by atoms with Crippen molar-refractivity contribution < 1.29 is 4.74 Å². The van der Waals surface area contributed by atoms with E-state index in [1.54, 1.807) is 0 Å². The first-order valence-electron chi connectivity index (χ1n) is 7.62. The third-order valence-electron chi connectivity index (χ3n) is 6.26. The van der Waals surface area contributed by atoms with E-state index in [9.17, 15) is 0 Å². The molecule has 2 saturated carbocycles. The van der Waals surface area contributed by atoms with Crippen LogP contribution < -0.4 is 0 Å². The van der Waals surface area contributed by atoms with E-state index in [0.717, 1.165) is 36.2 Å². The predicted molar refractivity (Wildman–Crippen MR) is 70.8 cm³/mol. The van der Waals surface area contributed by atoms with Gasteiger partial charge in [0.2, 0.25) is 0 Å². The van der Waals surface area contributed by atoms with Crippen LogP contribution >= 0.6 is 0 Å². The van der Waals surface area contributed by atoms with Crippen molar-refractivity contribution in [2.45, 2.75) is 59.5 Å². The van der Waals surface area contributed by atoms with Gasteiger partial charge in [0.15, 0.2) is 0 Å². The van der Waals surface area contributed by atoms with Crippen LogP contribution in [0.15, 0.2) is 0 Å². The molecular formula is C16H28O. The van der Waals surface area contributed by atoms with Gasteiger partial charge in [-0.2, -0.15) is 0 Å². The van der Waals surface area contributed by atoms with Crippen molar-refractivity contribution in [3.8, 4) is 0 Å². The van der Waals surface area contributed by atoms with E-state index >= 15 is 0 Å². The van der Waals surface area contributed by atoms with E-state index in [4.69, 9.17) is 4.74 Å². The molecule has 0 amide bonds. The Bertz CT molecular complexity index is 296. The molecule has 0 N–H and O–H groups in total. The summed E-state index contributed by atoms with van der Waals surface area (Å²) in [5.74, 6) is 4.32. The molecule has 0 bridgehead atoms. The van der Waals surface area contributed by atoms with E-state index in [2.05, 4.69) is 27.7 Å². The molecule has 6 unspecified atom stereocenters. The molecule has 3 rings (SSSR count). The van der Waals surface area contributed by atoms with Crippen LogP contribution in [0.2, 0.25) is 0 Å². The maximum Gasteiger partial charge on any atom is 0.0640 e. The molecule has 17 heavy (non-hydrogen) atoms. The van der Waals surface area contributed by atoms with Crippen LogP contribution in [-0.4, -0.2) is 12.7 Å². The number of hydrogen-bond acceptors (Lipinski definition) is 1. The number of ether oxygens (including phenoxy) is 1. The Morgan fingerprint density at radius 3 is 2.53 bits per heavy atom. The molecule has 0 aromatic rings. The van der Waals surface area contributed by atoms with E-state index in [-0.39, 0.29) is 0 Å². The lowest BCUT2D eigenvalue weighted by atomic mass is 9.53. The van der Waals surface area contributed by atoms with Gasteiger partial charge in [0.1, 0.15) is 0 Å². The fourth-order valence-corrected chi connectivity index (χ4v) is 5.08. The largest absolute Gasteiger partial charge is 0.377 e. The van der Waals surface area contributed by atoms with Gasteiger partial charge in [0, 0.05) is 6.61 Å². The predicted octanol–water partition coefficient (Wildman–Crippen LogP) is 4.12. The third kappa shape index (κ3) is 1.77. The summed E-state index contributed by atoms with van der Waals surface area (Å²) in [7, 11) is 0. The molecule has 1 nitrogen and oxygen atoms in total. The lowest BCUT2D eigenvalue weighted by Crippen LogP contribution is -2.49. The monoisotopic (exact) mass is 236 g/mol. The van der Waals surface area contributed by atoms with E-state index in [1.807, 2.05) is 0 Å². The summed E-state index contributed by atoms with van der Waals surface area (Å²) in [4.78, 5) is 0. The number of rotatable bonds is 0. The summed E-state index contributed by atoms with van der Waals surface area (Å²) in [5, 5.41) is 0. The number of fused-ring (bicyclic) bond motifs is 3. The minimum absolute atomic E-state index is 0.553. The molecule has 98 valence electrons. The summed E-state index contributed by atoms with van der Waals surface area (Å²) in [5.41, 5.74) is 0.553. The van der Waals surface area contributed by atoms with E-state index in [1.165, 1.54) is 25.7 Å². The molecule has 1 heterocycles. The molecule has 0 spiro atoms. The third-order valence-corrected chi connectivity index (χ3v) is 6.26. The van der Waals surface area contributed by atoms with Crippen molar-refractivity contribution in [3.05, 3.63) is 0 Å². The first-order chi connectivity index (χ1) is 8.00. The van der Waals surface area contributed by atoms with Crippen molar-refractivity contribution in [1.82, 2.24) is 0 Å². The van der Waals surface area contributed by atoms with Gasteiger partial charge in [-0.15, -0.1) is 0 Å². The van der Waals surface area contributed by atoms with Gasteiger partial charge < -0.3 is 4.74 Å². The molecule has 3 aliphatic rings. The van der Waals surface area contributed by atoms with Gasteiger partial charge in [0.05, 0.1) is 6.10 Å². The van der Waals surface area contributed by atoms with Crippen LogP contribution in [-0.2, 0) is 4.74 Å². The van der Waals surface area contributed by atoms with Crippen molar-refractivity contribution in [2.75, 3.05) is 6.61 Å². The van der Waals surface area contributed by atoms with Crippen LogP contribution in [0.3, 0.4) is 0 Å². The molecule has 1 aliphatic heterocycles. The zero-order valence-corrected chi connectivity index (χ0v) is 11.9. The molecule has 3 fully saturated rings. The number of hydrogen-bond donors (Lipinski definition) is 0. The summed E-state index contributed by atoms with van der Waals surface area (Å²) < 4.78 is 6.20. The highest BCUT2D eigenvalue weighted by Gasteiger charge is 2.53. The second kappa shape index (κ2) is 3.98. The van der Waals surface area contributed by atoms with Crippen LogP contribution in [0.25, 0.3) is 0 Å². The molecule has 0 radical (unpaired) electrons. The molecule has 6 atom stereocenters. The van der Waals surface area contributed by atoms with Crippen molar-refractivity contribution in [2.24, 2.45) is 35.0 Å². The molecule has 1 saturated heterocycles. The summed E-state index contributed by atoms with van der Waals surface area (Å²) >= 11 is 0. The van der Waals surface area contributed by atoms with Gasteiger partial charge in [-0.3, -0.25) is 0 Å². The lowest BCUT2D eigenvalue weighted by Gasteiger charge is -2.53. The Labute approximate surface area is 106 Å². The Hall–Kier alpha value is -0.0400. The van der Waals surface area contributed by atoms with Gasteiger partial charge in [-0.25, -0.2) is 0 Å². The zero-order chi connectivity index (χ0) is 12.2. The highest BCUT2D eigenvalue weighted by Crippen LogP contribution is 2.56. The minimum atomic E-state index is 0.553. The smallest absolute Gasteiger partial charge is 0.0640 e. The van der Waals surface area contributed by atoms with Crippen LogP contribution in [0.4, 0.5) is 0 Å². The van der Waals surface area contributed by atoms with Crippen LogP contribution in [0, 0.1) is 35.0 Å². The molecule has 0 aromatic heterocycles. The van der Waals surface area contributed by atoms with Crippen LogP contribution in [0.5, 0.6) is 0 Å². The first kappa shape index (κ1) is 12.0. The maximum atomic E-state index is 6.20. The molecule has 0 aromatic carbocycles. The van der Waals surface area contributed by atoms with Gasteiger partial charge >= 0.3 is 0 Å². The summed E-state index contributed by atoms with van der Waals surface area (Å²) in [6.45, 7) is 10.9. The maximum absolute atomic E-state index is 6.20. The second-order valence-corrected chi connectivity index (χ2v) is 7.70. The SMILES string of the molecule is CC1COC2C1CCC1C2C(C)CCC1(C)C. The van der Waals surface area contributed by atoms with Gasteiger partial charge in [0.25, 0.3) is 0 Å². The van der Waals surface area contributed by atoms with Gasteiger partial charge in [-0.05, 0) is 60.7 Å². The normalized spacial score (nSPS) is 52.9. The molecular weight excluding hydrogens is 208 g/mol. The standard InChI is InChI=1S/C16H28O/c1-10-7-8-16(3,4)13-6-5-12-11(2)9-17-15(12)14(10)13/h10-15H,5-9H2,1-4H3. The quantitative estimate of drug-likeness (QED) is 0.615. The molecule has 1 heteroatoms. The highest BCUT2D eigenvalue weighted by molar-refractivity contribution is 5.01. The highest BCUT2D eigenvalue weighted by atomic mass is 16.5. The summed E-state index contributed by atoms with van der Waals surface area (Å²) in [6.07, 6.45) is 6.30. The van der Waals surface area contributed by atoms with E-state index < -0.39 is 0 Å². The van der Waals surface area contributed by atoms with E-state index in [0.29, 0.717) is 11.5 Å². The topological polar surface area (TPSA) is 9.23 Å². The Morgan fingerprint density at radius 1 is 1.00 bits per heavy atom. The Kier molecular flexibility index (Phi) is 2.81. The Morgan fingerprint density at radius 2 is 1.76 bits per heavy atom. The lowest BCUT2D eigenvalue weighted by molar-refractivity contribution is -0.0944. The minimum Gasteiger partial charge on any atom is -0.377 e. The second-order valence-electron chi connectivity index (χ2n) is 7.70. The van der Waals surface area contributed by atoms with Gasteiger partial charge in [-0.1, -0.05) is 27.7 Å². The zero-order valence-electron chi connectivity index (χ0n) is 11.9. The average Bonchev–Trinajstić information content (AvgIpc) is 2.66. The van der Waals surface area contributed by atoms with Crippen molar-refractivity contribution in [1.29, 1.82) is 0 Å². The fraction of sp³-hybridized carbons (Fsp3) is 1.00. The Balaban J connectivity index is 1.88.